The average Bonchev–Trinajstić information content (AvgIpc) is 3.46. The second-order valence-electron chi connectivity index (χ2n) is 7.11. The number of carbonyl (C=O) groups excluding carboxylic acids is 1. The summed E-state index contributed by atoms with van der Waals surface area (Å²) in [5, 5.41) is 3.55. The molecule has 1 amide bonds. The molecule has 150 valence electrons. The van der Waals surface area contributed by atoms with E-state index in [1.54, 1.807) is 37.3 Å². The van der Waals surface area contributed by atoms with E-state index < -0.39 is 15.4 Å². The Labute approximate surface area is 171 Å². The van der Waals surface area contributed by atoms with Crippen molar-refractivity contribution >= 4 is 33.2 Å². The molecule has 0 atom stereocenters. The van der Waals surface area contributed by atoms with E-state index in [-0.39, 0.29) is 10.8 Å². The Hall–Kier alpha value is -1.89. The van der Waals surface area contributed by atoms with Gasteiger partial charge in [0.2, 0.25) is 15.9 Å². The first kappa shape index (κ1) is 20.8. The average molecular weight is 421 g/mol. The number of nitrogens with one attached hydrogen (secondary N) is 1. The summed E-state index contributed by atoms with van der Waals surface area (Å²) in [6.07, 6.45) is 1.52. The molecule has 0 aliphatic heterocycles. The summed E-state index contributed by atoms with van der Waals surface area (Å²) < 4.78 is 27.2. The molecule has 0 unspecified atom stereocenters. The highest BCUT2D eigenvalue weighted by molar-refractivity contribution is 7.89. The molecule has 0 bridgehead atoms. The third-order valence-corrected chi connectivity index (χ3v) is 7.79. The van der Waals surface area contributed by atoms with Crippen LogP contribution in [0.25, 0.3) is 0 Å². The number of aryl methyl sites for hydroxylation is 1. The van der Waals surface area contributed by atoms with E-state index in [1.165, 1.54) is 4.31 Å². The molecule has 1 fully saturated rings. The number of carbonyl (C=O) groups is 1. The van der Waals surface area contributed by atoms with Crippen molar-refractivity contribution in [3.63, 3.8) is 0 Å². The van der Waals surface area contributed by atoms with Crippen LogP contribution in [0.5, 0.6) is 0 Å². The molecule has 7 heteroatoms. The largest absolute Gasteiger partial charge is 0.325 e. The summed E-state index contributed by atoms with van der Waals surface area (Å²) in [5.74, 6) is -0.120. The highest BCUT2D eigenvalue weighted by Gasteiger charge is 2.51. The Morgan fingerprint density at radius 2 is 1.71 bits per heavy atom. The van der Waals surface area contributed by atoms with Crippen molar-refractivity contribution in [2.45, 2.75) is 43.9 Å². The predicted octanol–water partition coefficient (Wildman–Crippen LogP) is 4.35. The van der Waals surface area contributed by atoms with E-state index in [0.29, 0.717) is 29.4 Å². The topological polar surface area (TPSA) is 66.5 Å². The van der Waals surface area contributed by atoms with Crippen LogP contribution in [-0.2, 0) is 20.2 Å². The van der Waals surface area contributed by atoms with Crippen molar-refractivity contribution in [1.29, 1.82) is 0 Å². The first-order valence-corrected chi connectivity index (χ1v) is 11.2. The Morgan fingerprint density at radius 3 is 2.25 bits per heavy atom. The van der Waals surface area contributed by atoms with Gasteiger partial charge < -0.3 is 5.32 Å². The van der Waals surface area contributed by atoms with Crippen molar-refractivity contribution in [2.24, 2.45) is 0 Å². The molecule has 0 radical (unpaired) electrons. The molecule has 0 saturated heterocycles. The summed E-state index contributed by atoms with van der Waals surface area (Å²) in [4.78, 5) is 13.2. The molecular weight excluding hydrogens is 396 g/mol. The molecule has 5 nitrogen and oxygen atoms in total. The zero-order valence-corrected chi connectivity index (χ0v) is 17.9. The Morgan fingerprint density at radius 1 is 1.11 bits per heavy atom. The van der Waals surface area contributed by atoms with Gasteiger partial charge in [-0.3, -0.25) is 4.79 Å². The minimum absolute atomic E-state index is 0.120. The Bertz CT molecular complexity index is 979. The van der Waals surface area contributed by atoms with Crippen molar-refractivity contribution in [3.8, 4) is 0 Å². The highest BCUT2D eigenvalue weighted by atomic mass is 35.5. The van der Waals surface area contributed by atoms with E-state index in [1.807, 2.05) is 26.0 Å². The van der Waals surface area contributed by atoms with Crippen LogP contribution in [-0.4, -0.2) is 31.7 Å². The van der Waals surface area contributed by atoms with Gasteiger partial charge in [0, 0.05) is 23.8 Å². The van der Waals surface area contributed by atoms with Crippen molar-refractivity contribution in [1.82, 2.24) is 4.31 Å². The molecular formula is C21H25ClN2O3S. The first-order chi connectivity index (χ1) is 13.2. The second-order valence-corrected chi connectivity index (χ2v) is 9.46. The standard InChI is InChI=1S/C21H25ClN2O3S/c1-4-24(5-2)28(26,27)19-14-18(11-6-15(19)3)23-20(25)21(12-13-21)16-7-9-17(22)10-8-16/h6-11,14H,4-5,12-13H2,1-3H3,(H,23,25). The van der Waals surface area contributed by atoms with Crippen LogP contribution in [0.15, 0.2) is 47.4 Å². The fourth-order valence-electron chi connectivity index (χ4n) is 3.45. The number of anilines is 1. The molecule has 0 aromatic heterocycles. The fourth-order valence-corrected chi connectivity index (χ4v) is 5.28. The van der Waals surface area contributed by atoms with E-state index in [0.717, 1.165) is 18.4 Å². The molecule has 1 N–H and O–H groups in total. The van der Waals surface area contributed by atoms with E-state index in [4.69, 9.17) is 11.6 Å². The highest BCUT2D eigenvalue weighted by Crippen LogP contribution is 2.49. The smallest absolute Gasteiger partial charge is 0.243 e. The minimum Gasteiger partial charge on any atom is -0.325 e. The summed E-state index contributed by atoms with van der Waals surface area (Å²) >= 11 is 5.95. The summed E-state index contributed by atoms with van der Waals surface area (Å²) in [7, 11) is -3.60. The summed E-state index contributed by atoms with van der Waals surface area (Å²) in [6, 6.07) is 12.3. The van der Waals surface area contributed by atoms with E-state index in [9.17, 15) is 13.2 Å². The van der Waals surface area contributed by atoms with Gasteiger partial charge in [-0.2, -0.15) is 4.31 Å². The van der Waals surface area contributed by atoms with Gasteiger partial charge >= 0.3 is 0 Å². The van der Waals surface area contributed by atoms with Crippen LogP contribution in [0.3, 0.4) is 0 Å². The number of rotatable bonds is 7. The van der Waals surface area contributed by atoms with Gasteiger partial charge in [-0.15, -0.1) is 0 Å². The number of halogens is 1. The monoisotopic (exact) mass is 420 g/mol. The summed E-state index contributed by atoms with van der Waals surface area (Å²) in [6.45, 7) is 6.18. The molecule has 1 aliphatic rings. The van der Waals surface area contributed by atoms with Crippen LogP contribution >= 0.6 is 11.6 Å². The Balaban J connectivity index is 1.88. The molecule has 3 rings (SSSR count). The van der Waals surface area contributed by atoms with Crippen LogP contribution in [0.4, 0.5) is 5.69 Å². The molecule has 0 heterocycles. The van der Waals surface area contributed by atoms with Crippen LogP contribution < -0.4 is 5.32 Å². The molecule has 0 spiro atoms. The fraction of sp³-hybridized carbons (Fsp3) is 0.381. The quantitative estimate of drug-likeness (QED) is 0.724. The lowest BCUT2D eigenvalue weighted by Gasteiger charge is -2.21. The first-order valence-electron chi connectivity index (χ1n) is 9.43. The third kappa shape index (κ3) is 3.81. The minimum atomic E-state index is -3.60. The van der Waals surface area contributed by atoms with Crippen LogP contribution in [0.1, 0.15) is 37.8 Å². The molecule has 28 heavy (non-hydrogen) atoms. The number of sulfonamides is 1. The maximum absolute atomic E-state index is 13.0. The maximum Gasteiger partial charge on any atom is 0.243 e. The van der Waals surface area contributed by atoms with Crippen LogP contribution in [0.2, 0.25) is 5.02 Å². The van der Waals surface area contributed by atoms with Gasteiger partial charge in [0.05, 0.1) is 10.3 Å². The van der Waals surface area contributed by atoms with E-state index >= 15 is 0 Å². The third-order valence-electron chi connectivity index (χ3n) is 5.35. The SMILES string of the molecule is CCN(CC)S(=O)(=O)c1cc(NC(=O)C2(c3ccc(Cl)cc3)CC2)ccc1C. The zero-order chi connectivity index (χ0) is 20.5. The number of hydrogen-bond donors (Lipinski definition) is 1. The number of nitrogens with zero attached hydrogens (tertiary/aromatic N) is 1. The van der Waals surface area contributed by atoms with Gasteiger partial charge in [0.15, 0.2) is 0 Å². The van der Waals surface area contributed by atoms with Crippen molar-refractivity contribution in [2.75, 3.05) is 18.4 Å². The normalized spacial score (nSPS) is 15.5. The Kier molecular flexibility index (Phi) is 5.84. The van der Waals surface area contributed by atoms with Crippen LogP contribution in [0, 0.1) is 6.92 Å². The molecule has 1 saturated carbocycles. The van der Waals surface area contributed by atoms with Gasteiger partial charge in [0.25, 0.3) is 0 Å². The van der Waals surface area contributed by atoms with Gasteiger partial charge in [-0.25, -0.2) is 8.42 Å². The number of benzene rings is 2. The van der Waals surface area contributed by atoms with Gasteiger partial charge in [-0.05, 0) is 55.2 Å². The second kappa shape index (κ2) is 7.85. The number of amides is 1. The van der Waals surface area contributed by atoms with Crippen molar-refractivity contribution < 1.29 is 13.2 Å². The molecule has 2 aromatic carbocycles. The lowest BCUT2D eigenvalue weighted by molar-refractivity contribution is -0.118. The summed E-state index contributed by atoms with van der Waals surface area (Å²) in [5.41, 5.74) is 1.51. The molecule has 1 aliphatic carbocycles. The van der Waals surface area contributed by atoms with Gasteiger partial charge in [0.1, 0.15) is 0 Å². The number of hydrogen-bond acceptors (Lipinski definition) is 3. The zero-order valence-electron chi connectivity index (χ0n) is 16.3. The van der Waals surface area contributed by atoms with Gasteiger partial charge in [-0.1, -0.05) is 43.6 Å². The lowest BCUT2D eigenvalue weighted by Crippen LogP contribution is -2.31. The predicted molar refractivity (Wildman–Crippen MR) is 112 cm³/mol. The van der Waals surface area contributed by atoms with Crippen molar-refractivity contribution in [3.05, 3.63) is 58.6 Å². The maximum atomic E-state index is 13.0. The lowest BCUT2D eigenvalue weighted by atomic mass is 9.95. The van der Waals surface area contributed by atoms with E-state index in [2.05, 4.69) is 5.32 Å². The molecule has 2 aromatic rings.